The molecule has 1 saturated heterocycles. The van der Waals surface area contributed by atoms with Crippen LogP contribution in [0.2, 0.25) is 0 Å². The van der Waals surface area contributed by atoms with Gasteiger partial charge in [0, 0.05) is 41.8 Å². The van der Waals surface area contributed by atoms with Crippen molar-refractivity contribution in [2.75, 3.05) is 27.4 Å². The summed E-state index contributed by atoms with van der Waals surface area (Å²) in [5.41, 5.74) is 3.14. The fourth-order valence-corrected chi connectivity index (χ4v) is 8.67. The number of ether oxygens (including phenoxy) is 3. The molecule has 3 aromatic carbocycles. The average Bonchev–Trinajstić information content (AvgIpc) is 3.48. The molecule has 0 spiro atoms. The Morgan fingerprint density at radius 3 is 2.65 bits per heavy atom. The first-order chi connectivity index (χ1) is 20.9. The van der Waals surface area contributed by atoms with E-state index in [9.17, 15) is 8.76 Å². The van der Waals surface area contributed by atoms with Crippen molar-refractivity contribution in [1.82, 2.24) is 13.9 Å². The summed E-state index contributed by atoms with van der Waals surface area (Å²) in [4.78, 5) is 7.50. The molecule has 1 fully saturated rings. The van der Waals surface area contributed by atoms with Crippen molar-refractivity contribution in [3.63, 3.8) is 0 Å². The normalized spacial score (nSPS) is 23.4. The third-order valence-electron chi connectivity index (χ3n) is 8.37. The number of hydrogen-bond donors (Lipinski definition) is 2. The third kappa shape index (κ3) is 6.14. The van der Waals surface area contributed by atoms with E-state index in [0.29, 0.717) is 35.1 Å². The van der Waals surface area contributed by atoms with Crippen LogP contribution in [-0.2, 0) is 21.2 Å². The van der Waals surface area contributed by atoms with Gasteiger partial charge in [0.15, 0.2) is 0 Å². The number of hydrogen-bond acceptors (Lipinski definition) is 8. The van der Waals surface area contributed by atoms with Crippen LogP contribution in [0.25, 0.3) is 0 Å². The lowest BCUT2D eigenvalue weighted by atomic mass is 9.90. The number of amidine groups is 1. The van der Waals surface area contributed by atoms with Crippen molar-refractivity contribution in [3.8, 4) is 17.2 Å². The van der Waals surface area contributed by atoms with Gasteiger partial charge in [-0.05, 0) is 72.3 Å². The predicted octanol–water partition coefficient (Wildman–Crippen LogP) is 6.46. The number of methoxy groups -OCH3 is 2. The highest BCUT2D eigenvalue weighted by atomic mass is 32.3. The Morgan fingerprint density at radius 2 is 1.91 bits per heavy atom. The van der Waals surface area contributed by atoms with Crippen LogP contribution < -0.4 is 18.9 Å². The number of nitrogens with one attached hydrogen (secondary N) is 1. The van der Waals surface area contributed by atoms with Crippen molar-refractivity contribution in [2.24, 2.45) is 4.99 Å². The molecular weight excluding hydrogens is 585 g/mol. The molecule has 4 atom stereocenters. The molecule has 3 heterocycles. The summed E-state index contributed by atoms with van der Waals surface area (Å²) in [5, 5.41) is 0.438. The molecule has 9 nitrogen and oxygen atoms in total. The summed E-state index contributed by atoms with van der Waals surface area (Å²) in [6, 6.07) is 22.2. The first kappa shape index (κ1) is 30.0. The van der Waals surface area contributed by atoms with Crippen LogP contribution in [0.5, 0.6) is 17.2 Å². The summed E-state index contributed by atoms with van der Waals surface area (Å²) in [5.74, 6) is 1.88. The van der Waals surface area contributed by atoms with Crippen LogP contribution in [0.3, 0.4) is 0 Å². The van der Waals surface area contributed by atoms with E-state index in [2.05, 4.69) is 44.9 Å². The summed E-state index contributed by atoms with van der Waals surface area (Å²) in [6.07, 6.45) is 4.18. The number of rotatable bonds is 8. The second kappa shape index (κ2) is 12.9. The Bertz CT molecular complexity index is 1520. The van der Waals surface area contributed by atoms with Crippen LogP contribution in [0.4, 0.5) is 0 Å². The van der Waals surface area contributed by atoms with Gasteiger partial charge in [0.05, 0.1) is 27.4 Å². The standard InChI is InChI=1S/C32H38N4O5S2/c1-22-33-32(42-34-22)36(21-24-12-13-25(39-2)19-30(24)40-3)43(37,38)26-14-15-27-29(16-18-41-31(27)20-26)35-17-8-7-11-28(35)23-9-5-4-6-10-23/h4-6,9-10,12-15,19-20,22,28-29,34H,7-8,11,16-18,21H2,1-3H3/p+1/t22?,28-,29?/m0/s1. The van der Waals surface area contributed by atoms with Crippen LogP contribution in [0, 0.1) is 0 Å². The second-order valence-electron chi connectivity index (χ2n) is 11.0. The molecule has 0 radical (unpaired) electrons. The topological polar surface area (TPSA) is 95.9 Å². The highest BCUT2D eigenvalue weighted by Crippen LogP contribution is 2.45. The van der Waals surface area contributed by atoms with E-state index in [1.807, 2.05) is 25.1 Å². The number of fused-ring (bicyclic) bond motifs is 1. The van der Waals surface area contributed by atoms with Crippen LogP contribution in [-0.4, -0.2) is 52.5 Å². The SMILES string of the molecule is COc1ccc(CN(C2=NC(C)NS2)[S+](=O)(O)c2ccc3c(c2)OCCC3N2CCCC[C@H]2c2ccccc2)c(OC)c1. The molecule has 0 saturated carbocycles. The van der Waals surface area contributed by atoms with E-state index in [-0.39, 0.29) is 23.6 Å². The molecule has 3 unspecified atom stereocenters. The van der Waals surface area contributed by atoms with Crippen molar-refractivity contribution in [2.45, 2.75) is 62.3 Å². The Labute approximate surface area is 259 Å². The number of aliphatic imine (C=N–C) groups is 1. The molecule has 228 valence electrons. The number of benzene rings is 3. The van der Waals surface area contributed by atoms with E-state index in [1.54, 1.807) is 32.4 Å². The quantitative estimate of drug-likeness (QED) is 0.218. The van der Waals surface area contributed by atoms with Gasteiger partial charge in [-0.1, -0.05) is 36.8 Å². The molecule has 3 aliphatic rings. The highest BCUT2D eigenvalue weighted by Gasteiger charge is 2.45. The van der Waals surface area contributed by atoms with Crippen molar-refractivity contribution in [3.05, 3.63) is 83.4 Å². The molecule has 0 aliphatic carbocycles. The smallest absolute Gasteiger partial charge is 0.350 e. The fourth-order valence-electron chi connectivity index (χ4n) is 6.22. The average molecular weight is 624 g/mol. The molecule has 0 bridgehead atoms. The van der Waals surface area contributed by atoms with Gasteiger partial charge in [-0.3, -0.25) is 4.90 Å². The van der Waals surface area contributed by atoms with Gasteiger partial charge >= 0.3 is 10.4 Å². The van der Waals surface area contributed by atoms with Gasteiger partial charge in [-0.15, -0.1) is 4.31 Å². The van der Waals surface area contributed by atoms with Gasteiger partial charge in [0.2, 0.25) is 10.1 Å². The summed E-state index contributed by atoms with van der Waals surface area (Å²) in [7, 11) is -0.598. The van der Waals surface area contributed by atoms with Crippen molar-refractivity contribution < 1.29 is 23.0 Å². The van der Waals surface area contributed by atoms with Crippen LogP contribution >= 0.6 is 11.9 Å². The minimum absolute atomic E-state index is 0.107. The van der Waals surface area contributed by atoms with Crippen LogP contribution in [0.1, 0.15) is 61.4 Å². The van der Waals surface area contributed by atoms with E-state index in [0.717, 1.165) is 36.9 Å². The second-order valence-corrected chi connectivity index (χ2v) is 13.7. The lowest BCUT2D eigenvalue weighted by molar-refractivity contribution is 0.0668. The van der Waals surface area contributed by atoms with Gasteiger partial charge in [-0.2, -0.15) is 4.55 Å². The minimum atomic E-state index is -3.77. The summed E-state index contributed by atoms with van der Waals surface area (Å²) < 4.78 is 48.0. The molecule has 3 aromatic rings. The maximum absolute atomic E-state index is 14.4. The highest BCUT2D eigenvalue weighted by molar-refractivity contribution is 8.13. The summed E-state index contributed by atoms with van der Waals surface area (Å²) >= 11 is 1.25. The monoisotopic (exact) mass is 623 g/mol. The molecule has 6 rings (SSSR count). The zero-order valence-corrected chi connectivity index (χ0v) is 26.4. The Balaban J connectivity index is 1.33. The third-order valence-corrected chi connectivity index (χ3v) is 11.2. The Hall–Kier alpha value is -3.09. The van der Waals surface area contributed by atoms with E-state index in [4.69, 9.17) is 14.2 Å². The first-order valence-electron chi connectivity index (χ1n) is 14.7. The van der Waals surface area contributed by atoms with Gasteiger partial charge < -0.3 is 14.2 Å². The van der Waals surface area contributed by atoms with Gasteiger partial charge in [0.25, 0.3) is 0 Å². The molecule has 0 aromatic heterocycles. The fraction of sp³-hybridized carbons (Fsp3) is 0.406. The predicted molar refractivity (Wildman–Crippen MR) is 171 cm³/mol. The van der Waals surface area contributed by atoms with Gasteiger partial charge in [0.1, 0.15) is 23.4 Å². The number of nitrogens with zero attached hydrogens (tertiary/aromatic N) is 3. The lowest BCUT2D eigenvalue weighted by Crippen LogP contribution is -2.40. The molecule has 43 heavy (non-hydrogen) atoms. The number of piperidine rings is 1. The maximum atomic E-state index is 14.4. The number of likely N-dealkylation sites (tertiary alicyclic amines) is 1. The lowest BCUT2D eigenvalue weighted by Gasteiger charge is -2.43. The maximum Gasteiger partial charge on any atom is 0.350 e. The molecule has 0 amide bonds. The Kier molecular flexibility index (Phi) is 8.97. The van der Waals surface area contributed by atoms with E-state index < -0.39 is 10.4 Å². The van der Waals surface area contributed by atoms with Crippen molar-refractivity contribution in [1.29, 1.82) is 0 Å². The molecule has 3 aliphatic heterocycles. The minimum Gasteiger partial charge on any atom is -0.497 e. The summed E-state index contributed by atoms with van der Waals surface area (Å²) in [6.45, 7) is 3.59. The zero-order chi connectivity index (χ0) is 30.0. The van der Waals surface area contributed by atoms with Crippen molar-refractivity contribution >= 4 is 27.5 Å². The van der Waals surface area contributed by atoms with E-state index >= 15 is 0 Å². The van der Waals surface area contributed by atoms with Crippen LogP contribution in [0.15, 0.2) is 76.6 Å². The molecule has 2 N–H and O–H groups in total. The van der Waals surface area contributed by atoms with E-state index in [1.165, 1.54) is 28.2 Å². The zero-order valence-electron chi connectivity index (χ0n) is 24.8. The largest absolute Gasteiger partial charge is 0.497 e. The molecule has 11 heteroatoms. The first-order valence-corrected chi connectivity index (χ1v) is 17.0. The van der Waals surface area contributed by atoms with Gasteiger partial charge in [-0.25, -0.2) is 9.71 Å². The molecular formula is C32H39N4O5S2+. The Morgan fingerprint density at radius 1 is 1.07 bits per heavy atom.